The van der Waals surface area contributed by atoms with Gasteiger partial charge in [-0.2, -0.15) is 0 Å². The molecule has 0 amide bonds. The van der Waals surface area contributed by atoms with Gasteiger partial charge < -0.3 is 4.57 Å². The summed E-state index contributed by atoms with van der Waals surface area (Å²) in [6.45, 7) is 1.45. The molecule has 0 saturated carbocycles. The molecule has 0 aliphatic heterocycles. The molecule has 0 fully saturated rings. The highest BCUT2D eigenvalue weighted by molar-refractivity contribution is 5.79. The molecule has 2 rings (SSSR count). The Morgan fingerprint density at radius 2 is 2.13 bits per heavy atom. The second-order valence-corrected chi connectivity index (χ2v) is 3.38. The third-order valence-electron chi connectivity index (χ3n) is 2.40. The Labute approximate surface area is 87.8 Å². The van der Waals surface area contributed by atoms with Crippen LogP contribution in [0.5, 0.6) is 0 Å². The van der Waals surface area contributed by atoms with Gasteiger partial charge in [0.25, 0.3) is 0 Å². The number of aryl methyl sites for hydroxylation is 1. The first kappa shape index (κ1) is 9.62. The summed E-state index contributed by atoms with van der Waals surface area (Å²) in [4.78, 5) is 2.73. The maximum Gasteiger partial charge on any atom is 0.0480 e. The molecule has 1 aromatic heterocycles. The first-order valence-electron chi connectivity index (χ1n) is 4.96. The topological polar surface area (TPSA) is 53.7 Å². The van der Waals surface area contributed by atoms with Crippen molar-refractivity contribution in [1.29, 1.82) is 0 Å². The number of aromatic nitrogens is 1. The average Bonchev–Trinajstić information content (AvgIpc) is 2.68. The van der Waals surface area contributed by atoms with Crippen LogP contribution in [0.15, 0.2) is 41.6 Å². The fourth-order valence-corrected chi connectivity index (χ4v) is 1.69. The second kappa shape index (κ2) is 4.53. The number of azide groups is 1. The van der Waals surface area contributed by atoms with Crippen LogP contribution in [0, 0.1) is 0 Å². The van der Waals surface area contributed by atoms with E-state index in [2.05, 4.69) is 39.0 Å². The first-order chi connectivity index (χ1) is 7.42. The molecule has 1 aromatic carbocycles. The minimum absolute atomic E-state index is 0.559. The number of nitrogens with zero attached hydrogens (tertiary/aromatic N) is 4. The van der Waals surface area contributed by atoms with Gasteiger partial charge in [-0.15, -0.1) is 0 Å². The molecular formula is C11H12N4. The Hall–Kier alpha value is -1.93. The molecule has 0 unspecified atom stereocenters. The van der Waals surface area contributed by atoms with Crippen molar-refractivity contribution in [3.8, 4) is 0 Å². The Morgan fingerprint density at radius 3 is 3.00 bits per heavy atom. The van der Waals surface area contributed by atoms with E-state index >= 15 is 0 Å². The van der Waals surface area contributed by atoms with Crippen molar-refractivity contribution in [2.24, 2.45) is 5.11 Å². The minimum atomic E-state index is 0.559. The van der Waals surface area contributed by atoms with E-state index < -0.39 is 0 Å². The quantitative estimate of drug-likeness (QED) is 0.314. The normalized spacial score (nSPS) is 10.1. The van der Waals surface area contributed by atoms with Crippen molar-refractivity contribution in [2.75, 3.05) is 6.54 Å². The fourth-order valence-electron chi connectivity index (χ4n) is 1.69. The van der Waals surface area contributed by atoms with Crippen LogP contribution in [0.25, 0.3) is 21.3 Å². The first-order valence-corrected chi connectivity index (χ1v) is 4.96. The van der Waals surface area contributed by atoms with Gasteiger partial charge in [0, 0.05) is 29.7 Å². The maximum atomic E-state index is 8.15. The molecule has 0 radical (unpaired) electrons. The van der Waals surface area contributed by atoms with Gasteiger partial charge in [-0.05, 0) is 29.5 Å². The van der Waals surface area contributed by atoms with Crippen molar-refractivity contribution in [2.45, 2.75) is 13.0 Å². The van der Waals surface area contributed by atoms with Crippen LogP contribution in [0.3, 0.4) is 0 Å². The highest BCUT2D eigenvalue weighted by atomic mass is 15.1. The highest BCUT2D eigenvalue weighted by Crippen LogP contribution is 2.15. The van der Waals surface area contributed by atoms with E-state index in [1.165, 1.54) is 10.9 Å². The van der Waals surface area contributed by atoms with Gasteiger partial charge in [0.05, 0.1) is 0 Å². The summed E-state index contributed by atoms with van der Waals surface area (Å²) in [5.74, 6) is 0. The van der Waals surface area contributed by atoms with E-state index in [1.807, 2.05) is 12.1 Å². The Balaban J connectivity index is 2.11. The van der Waals surface area contributed by atoms with Gasteiger partial charge in [0.15, 0.2) is 0 Å². The summed E-state index contributed by atoms with van der Waals surface area (Å²) in [5.41, 5.74) is 9.38. The smallest absolute Gasteiger partial charge is 0.0480 e. The summed E-state index contributed by atoms with van der Waals surface area (Å²) < 4.78 is 2.18. The molecular weight excluding hydrogens is 188 g/mol. The molecule has 76 valence electrons. The molecule has 4 heteroatoms. The molecule has 15 heavy (non-hydrogen) atoms. The molecule has 0 N–H and O–H groups in total. The van der Waals surface area contributed by atoms with Gasteiger partial charge in [0.1, 0.15) is 0 Å². The summed E-state index contributed by atoms with van der Waals surface area (Å²) in [5, 5.41) is 4.77. The minimum Gasteiger partial charge on any atom is -0.347 e. The van der Waals surface area contributed by atoms with Gasteiger partial charge in [-0.25, -0.2) is 0 Å². The summed E-state index contributed by atoms with van der Waals surface area (Å²) in [7, 11) is 0. The van der Waals surface area contributed by atoms with E-state index in [4.69, 9.17) is 5.53 Å². The van der Waals surface area contributed by atoms with Crippen LogP contribution < -0.4 is 0 Å². The van der Waals surface area contributed by atoms with Crippen molar-refractivity contribution in [3.63, 3.8) is 0 Å². The van der Waals surface area contributed by atoms with Gasteiger partial charge in [-0.3, -0.25) is 0 Å². The van der Waals surface area contributed by atoms with Gasteiger partial charge >= 0.3 is 0 Å². The van der Waals surface area contributed by atoms with Crippen LogP contribution in [0.1, 0.15) is 6.42 Å². The lowest BCUT2D eigenvalue weighted by molar-refractivity contribution is 0.669. The maximum absolute atomic E-state index is 8.15. The Bertz CT molecular complexity index is 494. The monoisotopic (exact) mass is 200 g/mol. The standard InChI is InChI=1S/C11H12N4/c12-14-13-7-3-8-15-9-6-10-4-1-2-5-11(10)15/h1-2,4-6,9H,3,7-8H2. The van der Waals surface area contributed by atoms with Crippen molar-refractivity contribution >= 4 is 10.9 Å². The van der Waals surface area contributed by atoms with E-state index in [0.717, 1.165) is 13.0 Å². The molecule has 1 heterocycles. The van der Waals surface area contributed by atoms with E-state index in [9.17, 15) is 0 Å². The molecule has 2 aromatic rings. The fraction of sp³-hybridized carbons (Fsp3) is 0.273. The summed E-state index contributed by atoms with van der Waals surface area (Å²) >= 11 is 0. The summed E-state index contributed by atoms with van der Waals surface area (Å²) in [6, 6.07) is 10.4. The lowest BCUT2D eigenvalue weighted by Crippen LogP contribution is -1.96. The van der Waals surface area contributed by atoms with Crippen molar-refractivity contribution in [3.05, 3.63) is 47.0 Å². The van der Waals surface area contributed by atoms with Gasteiger partial charge in [0.2, 0.25) is 0 Å². The predicted octanol–water partition coefficient (Wildman–Crippen LogP) is 3.34. The van der Waals surface area contributed by atoms with E-state index in [-0.39, 0.29) is 0 Å². The largest absolute Gasteiger partial charge is 0.347 e. The molecule has 4 nitrogen and oxygen atoms in total. The zero-order valence-corrected chi connectivity index (χ0v) is 8.37. The predicted molar refractivity (Wildman–Crippen MR) is 60.6 cm³/mol. The zero-order chi connectivity index (χ0) is 10.5. The van der Waals surface area contributed by atoms with Crippen LogP contribution in [-0.2, 0) is 6.54 Å². The van der Waals surface area contributed by atoms with Crippen LogP contribution in [-0.4, -0.2) is 11.1 Å². The van der Waals surface area contributed by atoms with Crippen molar-refractivity contribution < 1.29 is 0 Å². The van der Waals surface area contributed by atoms with Crippen molar-refractivity contribution in [1.82, 2.24) is 4.57 Å². The molecule has 0 atom stereocenters. The lowest BCUT2D eigenvalue weighted by atomic mass is 10.2. The third-order valence-corrected chi connectivity index (χ3v) is 2.40. The number of benzene rings is 1. The van der Waals surface area contributed by atoms with Crippen LogP contribution >= 0.6 is 0 Å². The number of hydrogen-bond acceptors (Lipinski definition) is 1. The third kappa shape index (κ3) is 2.11. The number of rotatable bonds is 4. The lowest BCUT2D eigenvalue weighted by Gasteiger charge is -2.02. The van der Waals surface area contributed by atoms with E-state index in [0.29, 0.717) is 6.54 Å². The number of fused-ring (bicyclic) bond motifs is 1. The molecule has 0 bridgehead atoms. The van der Waals surface area contributed by atoms with Gasteiger partial charge in [-0.1, -0.05) is 23.3 Å². The second-order valence-electron chi connectivity index (χ2n) is 3.38. The average molecular weight is 200 g/mol. The number of hydrogen-bond donors (Lipinski definition) is 0. The van der Waals surface area contributed by atoms with E-state index in [1.54, 1.807) is 0 Å². The molecule has 0 aliphatic carbocycles. The molecule has 0 aliphatic rings. The number of para-hydroxylation sites is 1. The Kier molecular flexibility index (Phi) is 2.90. The summed E-state index contributed by atoms with van der Waals surface area (Å²) in [6.07, 6.45) is 2.95. The highest BCUT2D eigenvalue weighted by Gasteiger charge is 1.98. The van der Waals surface area contributed by atoms with Crippen LogP contribution in [0.2, 0.25) is 0 Å². The zero-order valence-electron chi connectivity index (χ0n) is 8.37. The Morgan fingerprint density at radius 1 is 1.27 bits per heavy atom. The molecule has 0 saturated heterocycles. The van der Waals surface area contributed by atoms with Crippen LogP contribution in [0.4, 0.5) is 0 Å². The SMILES string of the molecule is [N-]=[N+]=NCCCn1ccc2ccccc21. The molecule has 0 spiro atoms.